The molecule has 3 N–H and O–H groups in total. The van der Waals surface area contributed by atoms with Crippen molar-refractivity contribution in [3.8, 4) is 11.1 Å². The first-order valence-corrected chi connectivity index (χ1v) is 12.3. The van der Waals surface area contributed by atoms with Gasteiger partial charge in [0.2, 0.25) is 11.8 Å². The van der Waals surface area contributed by atoms with Gasteiger partial charge in [-0.25, -0.2) is 4.79 Å². The molecule has 0 spiro atoms. The van der Waals surface area contributed by atoms with Crippen LogP contribution in [0.2, 0.25) is 0 Å². The first kappa shape index (κ1) is 25.7. The number of carbonyl (C=O) groups is 3. The molecule has 3 rings (SSSR count). The van der Waals surface area contributed by atoms with Crippen molar-refractivity contribution in [3.63, 3.8) is 0 Å². The maximum Gasteiger partial charge on any atom is 0.326 e. The van der Waals surface area contributed by atoms with Crippen molar-refractivity contribution in [2.75, 3.05) is 0 Å². The number of aromatic nitrogens is 1. The zero-order valence-electron chi connectivity index (χ0n) is 19.7. The van der Waals surface area contributed by atoms with Crippen molar-refractivity contribution in [1.82, 2.24) is 15.6 Å². The van der Waals surface area contributed by atoms with Crippen molar-refractivity contribution in [2.45, 2.75) is 69.2 Å². The number of benzene rings is 1. The number of rotatable bonds is 10. The Morgan fingerprint density at radius 1 is 1.12 bits per heavy atom. The third-order valence-electron chi connectivity index (χ3n) is 6.70. The zero-order chi connectivity index (χ0) is 24.7. The van der Waals surface area contributed by atoms with Crippen LogP contribution in [-0.4, -0.2) is 44.7 Å². The zero-order valence-corrected chi connectivity index (χ0v) is 20.6. The lowest BCUT2D eigenvalue weighted by Gasteiger charge is -2.32. The molecule has 1 saturated carbocycles. The Bertz CT molecular complexity index is 991. The Balaban J connectivity index is 1.70. The molecule has 8 heteroatoms. The second-order valence-electron chi connectivity index (χ2n) is 9.12. The summed E-state index contributed by atoms with van der Waals surface area (Å²) in [7, 11) is 0. The Morgan fingerprint density at radius 3 is 2.35 bits per heavy atom. The normalized spacial score (nSPS) is 17.4. The molecule has 34 heavy (non-hydrogen) atoms. The number of hydrogen-bond donors (Lipinski definition) is 4. The van der Waals surface area contributed by atoms with E-state index in [9.17, 15) is 19.5 Å². The molecule has 3 atom stereocenters. The fourth-order valence-corrected chi connectivity index (χ4v) is 4.55. The van der Waals surface area contributed by atoms with Gasteiger partial charge in [0.25, 0.3) is 0 Å². The fourth-order valence-electron chi connectivity index (χ4n) is 4.28. The fraction of sp³-hybridized carbons (Fsp3) is 0.462. The average Bonchev–Trinajstić information content (AvgIpc) is 3.33. The lowest BCUT2D eigenvalue weighted by Crippen LogP contribution is -2.61. The van der Waals surface area contributed by atoms with E-state index in [0.717, 1.165) is 36.0 Å². The lowest BCUT2D eigenvalue weighted by atomic mass is 9.93. The van der Waals surface area contributed by atoms with E-state index in [2.05, 4.69) is 28.2 Å². The van der Waals surface area contributed by atoms with Gasteiger partial charge in [-0.05, 0) is 41.5 Å². The summed E-state index contributed by atoms with van der Waals surface area (Å²) >= 11 is 4.44. The Morgan fingerprint density at radius 2 is 1.79 bits per heavy atom. The van der Waals surface area contributed by atoms with E-state index >= 15 is 0 Å². The van der Waals surface area contributed by atoms with Crippen molar-refractivity contribution < 1.29 is 19.5 Å². The highest BCUT2D eigenvalue weighted by molar-refractivity contribution is 7.81. The molecule has 1 heterocycles. The van der Waals surface area contributed by atoms with Crippen LogP contribution in [0.1, 0.15) is 51.5 Å². The molecular weight excluding hydrogens is 450 g/mol. The molecule has 2 amide bonds. The van der Waals surface area contributed by atoms with E-state index in [1.165, 1.54) is 0 Å². The number of thiol groups is 1. The molecule has 1 aromatic heterocycles. The smallest absolute Gasteiger partial charge is 0.326 e. The topological polar surface area (TPSA) is 108 Å². The van der Waals surface area contributed by atoms with Gasteiger partial charge in [-0.3, -0.25) is 14.6 Å². The predicted molar refractivity (Wildman–Crippen MR) is 135 cm³/mol. The van der Waals surface area contributed by atoms with E-state index < -0.39 is 28.7 Å². The number of amides is 2. The van der Waals surface area contributed by atoms with Gasteiger partial charge in [0.1, 0.15) is 11.6 Å². The van der Waals surface area contributed by atoms with Gasteiger partial charge in [0.15, 0.2) is 0 Å². The van der Waals surface area contributed by atoms with Crippen LogP contribution in [0, 0.1) is 5.92 Å². The van der Waals surface area contributed by atoms with E-state index in [-0.39, 0.29) is 18.2 Å². The molecule has 0 saturated heterocycles. The van der Waals surface area contributed by atoms with Crippen LogP contribution in [0.5, 0.6) is 0 Å². The summed E-state index contributed by atoms with van der Waals surface area (Å²) in [5.41, 5.74) is 1.64. The number of carboxylic acids is 1. The highest BCUT2D eigenvalue weighted by Crippen LogP contribution is 2.31. The van der Waals surface area contributed by atoms with Crippen molar-refractivity contribution >= 4 is 30.4 Å². The molecule has 1 aliphatic carbocycles. The van der Waals surface area contributed by atoms with E-state index in [1.807, 2.05) is 50.2 Å². The number of hydrogen-bond acceptors (Lipinski definition) is 5. The van der Waals surface area contributed by atoms with Crippen LogP contribution >= 0.6 is 12.6 Å². The molecule has 1 aromatic carbocycles. The van der Waals surface area contributed by atoms with Crippen LogP contribution in [0.4, 0.5) is 0 Å². The highest BCUT2D eigenvalue weighted by Gasteiger charge is 2.44. The van der Waals surface area contributed by atoms with Crippen molar-refractivity contribution in [1.29, 1.82) is 0 Å². The molecule has 1 fully saturated rings. The van der Waals surface area contributed by atoms with Gasteiger partial charge in [0, 0.05) is 18.8 Å². The number of carbonyl (C=O) groups excluding carboxylic acids is 2. The summed E-state index contributed by atoms with van der Waals surface area (Å²) < 4.78 is 0. The van der Waals surface area contributed by atoms with Gasteiger partial charge < -0.3 is 15.7 Å². The van der Waals surface area contributed by atoms with Crippen LogP contribution in [0.15, 0.2) is 48.8 Å². The number of pyridine rings is 1. The molecule has 0 radical (unpaired) electrons. The maximum atomic E-state index is 13.3. The number of carboxylic acid groups (broad SMARTS) is 1. The van der Waals surface area contributed by atoms with Gasteiger partial charge in [-0.1, -0.05) is 63.4 Å². The van der Waals surface area contributed by atoms with Gasteiger partial charge in [-0.15, -0.1) is 0 Å². The first-order valence-electron chi connectivity index (χ1n) is 11.8. The van der Waals surface area contributed by atoms with Crippen LogP contribution in [-0.2, 0) is 20.8 Å². The molecular formula is C26H33N3O4S. The van der Waals surface area contributed by atoms with Crippen molar-refractivity contribution in [2.24, 2.45) is 5.92 Å². The summed E-state index contributed by atoms with van der Waals surface area (Å²) in [6.45, 7) is 3.93. The second kappa shape index (κ2) is 11.5. The minimum absolute atomic E-state index is 0.0613. The predicted octanol–water partition coefficient (Wildman–Crippen LogP) is 3.63. The largest absolute Gasteiger partial charge is 0.480 e. The van der Waals surface area contributed by atoms with Gasteiger partial charge in [0.05, 0.1) is 5.25 Å². The Labute approximate surface area is 206 Å². The molecule has 0 unspecified atom stereocenters. The van der Waals surface area contributed by atoms with Crippen LogP contribution in [0.3, 0.4) is 0 Å². The SMILES string of the molecule is CC[C@H](C)[C@@H](S)C(=O)NC1(C(=O)N[C@@H](Cc2ccc(-c3cccnc3)cc2)C(=O)O)CCCC1. The molecule has 2 aromatic rings. The van der Waals surface area contributed by atoms with Crippen LogP contribution < -0.4 is 10.6 Å². The minimum Gasteiger partial charge on any atom is -0.480 e. The van der Waals surface area contributed by atoms with Gasteiger partial charge in [-0.2, -0.15) is 12.6 Å². The Hall–Kier alpha value is -2.87. The molecule has 7 nitrogen and oxygen atoms in total. The lowest BCUT2D eigenvalue weighted by molar-refractivity contribution is -0.143. The number of aliphatic carboxylic acids is 1. The van der Waals surface area contributed by atoms with Crippen LogP contribution in [0.25, 0.3) is 11.1 Å². The summed E-state index contributed by atoms with van der Waals surface area (Å²) in [6.07, 6.45) is 6.96. The molecule has 182 valence electrons. The van der Waals surface area contributed by atoms with Crippen molar-refractivity contribution in [3.05, 3.63) is 54.4 Å². The van der Waals surface area contributed by atoms with E-state index in [1.54, 1.807) is 12.4 Å². The summed E-state index contributed by atoms with van der Waals surface area (Å²) in [5.74, 6) is -1.78. The minimum atomic E-state index is -1.11. The number of nitrogens with zero attached hydrogens (tertiary/aromatic N) is 1. The van der Waals surface area contributed by atoms with E-state index in [4.69, 9.17) is 0 Å². The molecule has 1 aliphatic rings. The second-order valence-corrected chi connectivity index (χ2v) is 9.67. The van der Waals surface area contributed by atoms with E-state index in [0.29, 0.717) is 12.8 Å². The summed E-state index contributed by atoms with van der Waals surface area (Å²) in [6, 6.07) is 10.2. The Kier molecular flexibility index (Phi) is 8.72. The number of nitrogens with one attached hydrogen (secondary N) is 2. The monoisotopic (exact) mass is 483 g/mol. The van der Waals surface area contributed by atoms with Gasteiger partial charge >= 0.3 is 5.97 Å². The summed E-state index contributed by atoms with van der Waals surface area (Å²) in [5, 5.41) is 14.9. The quantitative estimate of drug-likeness (QED) is 0.386. The summed E-state index contributed by atoms with van der Waals surface area (Å²) in [4.78, 5) is 42.2. The maximum absolute atomic E-state index is 13.3. The molecule has 0 bridgehead atoms. The third-order valence-corrected chi connectivity index (χ3v) is 7.44. The third kappa shape index (κ3) is 6.17. The standard InChI is InChI=1S/C26H33N3O4S/c1-3-17(2)22(34)23(30)29-26(12-4-5-13-26)25(33)28-21(24(31)32)15-18-8-10-19(11-9-18)20-7-6-14-27-16-20/h6-11,14,16-17,21-22,34H,3-5,12-13,15H2,1-2H3,(H,28,33)(H,29,30)(H,31,32)/t17-,21-,22+/m0/s1. The average molecular weight is 484 g/mol. The molecule has 0 aliphatic heterocycles. The first-order chi connectivity index (χ1) is 16.3. The highest BCUT2D eigenvalue weighted by atomic mass is 32.1.